The lowest BCUT2D eigenvalue weighted by atomic mass is 9.86. The lowest BCUT2D eigenvalue weighted by molar-refractivity contribution is -0.142. The van der Waals surface area contributed by atoms with E-state index in [0.29, 0.717) is 6.04 Å². The van der Waals surface area contributed by atoms with Gasteiger partial charge in [0.15, 0.2) is 11.5 Å². The summed E-state index contributed by atoms with van der Waals surface area (Å²) < 4.78 is 11.7. The minimum atomic E-state index is -0.659. The highest BCUT2D eigenvalue weighted by atomic mass is 79.9. The first-order valence-electron chi connectivity index (χ1n) is 7.17. The first-order valence-corrected chi connectivity index (χ1v) is 7.97. The van der Waals surface area contributed by atoms with Crippen molar-refractivity contribution in [1.82, 2.24) is 5.32 Å². The fraction of sp³-hybridized carbons (Fsp3) is 0.533. The van der Waals surface area contributed by atoms with Gasteiger partial charge in [0.25, 0.3) is 0 Å². The lowest BCUT2D eigenvalue weighted by Crippen LogP contribution is -2.34. The van der Waals surface area contributed by atoms with Crippen molar-refractivity contribution in [3.05, 3.63) is 22.2 Å². The number of rotatable bonds is 4. The number of hydrogen-bond acceptors (Lipinski definition) is 4. The van der Waals surface area contributed by atoms with Crippen LogP contribution in [0.2, 0.25) is 0 Å². The normalized spacial score (nSPS) is 24.0. The summed E-state index contributed by atoms with van der Waals surface area (Å²) in [5.74, 6) is 0.715. The van der Waals surface area contributed by atoms with Crippen molar-refractivity contribution in [2.45, 2.75) is 38.3 Å². The van der Waals surface area contributed by atoms with Crippen LogP contribution in [0.5, 0.6) is 11.5 Å². The Hall–Kier alpha value is -1.27. The SMILES string of the molecule is O=C(O)C1CCC(NCc2cc(Br)c3c(c2)OCO3)CC1. The Balaban J connectivity index is 1.54. The van der Waals surface area contributed by atoms with Crippen molar-refractivity contribution in [3.63, 3.8) is 0 Å². The van der Waals surface area contributed by atoms with Gasteiger partial charge in [0, 0.05) is 12.6 Å². The first-order chi connectivity index (χ1) is 10.1. The second kappa shape index (κ2) is 6.23. The molecule has 5 nitrogen and oxygen atoms in total. The van der Waals surface area contributed by atoms with E-state index < -0.39 is 5.97 Å². The smallest absolute Gasteiger partial charge is 0.306 e. The highest BCUT2D eigenvalue weighted by Gasteiger charge is 2.25. The zero-order valence-corrected chi connectivity index (χ0v) is 13.2. The first kappa shape index (κ1) is 14.7. The molecular weight excluding hydrogens is 338 g/mol. The molecule has 0 atom stereocenters. The summed E-state index contributed by atoms with van der Waals surface area (Å²) in [6, 6.07) is 4.41. The van der Waals surface area contributed by atoms with E-state index in [2.05, 4.69) is 21.2 Å². The Bertz CT molecular complexity index is 541. The van der Waals surface area contributed by atoms with Gasteiger partial charge in [-0.15, -0.1) is 0 Å². The number of hydrogen-bond donors (Lipinski definition) is 2. The third-order valence-corrected chi connectivity index (χ3v) is 4.75. The molecule has 0 aromatic heterocycles. The van der Waals surface area contributed by atoms with Gasteiger partial charge in [0.2, 0.25) is 6.79 Å². The second-order valence-corrected chi connectivity index (χ2v) is 6.43. The zero-order chi connectivity index (χ0) is 14.8. The van der Waals surface area contributed by atoms with Crippen LogP contribution in [-0.2, 0) is 11.3 Å². The van der Waals surface area contributed by atoms with Crippen molar-refractivity contribution in [1.29, 1.82) is 0 Å². The average molecular weight is 356 g/mol. The van der Waals surface area contributed by atoms with Crippen LogP contribution in [0.3, 0.4) is 0 Å². The van der Waals surface area contributed by atoms with Crippen LogP contribution in [-0.4, -0.2) is 23.9 Å². The summed E-state index contributed by atoms with van der Waals surface area (Å²) in [4.78, 5) is 10.9. The van der Waals surface area contributed by atoms with Crippen molar-refractivity contribution in [2.75, 3.05) is 6.79 Å². The van der Waals surface area contributed by atoms with Gasteiger partial charge in [0.1, 0.15) is 0 Å². The summed E-state index contributed by atoms with van der Waals surface area (Å²) in [5, 5.41) is 12.5. The van der Waals surface area contributed by atoms with Crippen LogP contribution in [0.1, 0.15) is 31.2 Å². The van der Waals surface area contributed by atoms with Crippen LogP contribution in [0, 0.1) is 5.92 Å². The molecule has 114 valence electrons. The number of carboxylic acid groups (broad SMARTS) is 1. The van der Waals surface area contributed by atoms with E-state index in [1.54, 1.807) is 0 Å². The molecule has 1 fully saturated rings. The maximum Gasteiger partial charge on any atom is 0.306 e. The van der Waals surface area contributed by atoms with Gasteiger partial charge in [-0.05, 0) is 59.3 Å². The molecule has 0 amide bonds. The summed E-state index contributed by atoms with van der Waals surface area (Å²) in [7, 11) is 0. The van der Waals surface area contributed by atoms with E-state index >= 15 is 0 Å². The number of carboxylic acids is 1. The standard InChI is InChI=1S/C15H18BrNO4/c16-12-5-9(6-13-14(12)21-8-20-13)7-17-11-3-1-10(2-4-11)15(18)19/h5-6,10-11,17H,1-4,7-8H2,(H,18,19). The van der Waals surface area contributed by atoms with Crippen molar-refractivity contribution >= 4 is 21.9 Å². The Morgan fingerprint density at radius 1 is 1.29 bits per heavy atom. The topological polar surface area (TPSA) is 67.8 Å². The Morgan fingerprint density at radius 3 is 2.76 bits per heavy atom. The van der Waals surface area contributed by atoms with E-state index in [-0.39, 0.29) is 12.7 Å². The lowest BCUT2D eigenvalue weighted by Gasteiger charge is -2.27. The second-order valence-electron chi connectivity index (χ2n) is 5.58. The number of nitrogens with one attached hydrogen (secondary N) is 1. The Labute approximate surface area is 131 Å². The molecule has 1 aromatic rings. The van der Waals surface area contributed by atoms with Gasteiger partial charge >= 0.3 is 5.97 Å². The molecule has 21 heavy (non-hydrogen) atoms. The molecular formula is C15H18BrNO4. The monoisotopic (exact) mass is 355 g/mol. The van der Waals surface area contributed by atoms with Gasteiger partial charge < -0.3 is 19.9 Å². The molecule has 0 unspecified atom stereocenters. The zero-order valence-electron chi connectivity index (χ0n) is 11.6. The van der Waals surface area contributed by atoms with Crippen LogP contribution < -0.4 is 14.8 Å². The highest BCUT2D eigenvalue weighted by molar-refractivity contribution is 9.10. The fourth-order valence-corrected chi connectivity index (χ4v) is 3.53. The van der Waals surface area contributed by atoms with Gasteiger partial charge in [-0.25, -0.2) is 0 Å². The maximum atomic E-state index is 10.9. The van der Waals surface area contributed by atoms with E-state index in [0.717, 1.165) is 53.8 Å². The summed E-state index contributed by atoms with van der Waals surface area (Å²) in [5.41, 5.74) is 1.13. The minimum Gasteiger partial charge on any atom is -0.481 e. The minimum absolute atomic E-state index is 0.164. The van der Waals surface area contributed by atoms with E-state index in [4.69, 9.17) is 14.6 Å². The maximum absolute atomic E-state index is 10.9. The number of fused-ring (bicyclic) bond motifs is 1. The molecule has 2 N–H and O–H groups in total. The van der Waals surface area contributed by atoms with E-state index in [1.807, 2.05) is 12.1 Å². The number of carbonyl (C=O) groups is 1. The van der Waals surface area contributed by atoms with E-state index in [9.17, 15) is 4.79 Å². The molecule has 3 rings (SSSR count). The molecule has 1 aliphatic carbocycles. The molecule has 0 spiro atoms. The molecule has 1 aromatic carbocycles. The molecule has 0 radical (unpaired) electrons. The molecule has 1 saturated carbocycles. The summed E-state index contributed by atoms with van der Waals surface area (Å²) in [6.07, 6.45) is 3.36. The number of halogens is 1. The Morgan fingerprint density at radius 2 is 2.05 bits per heavy atom. The molecule has 1 aliphatic heterocycles. The van der Waals surface area contributed by atoms with Crippen molar-refractivity contribution in [3.8, 4) is 11.5 Å². The summed E-state index contributed by atoms with van der Waals surface area (Å²) >= 11 is 3.49. The molecule has 1 heterocycles. The van der Waals surface area contributed by atoms with Crippen LogP contribution in [0.25, 0.3) is 0 Å². The third kappa shape index (κ3) is 3.32. The predicted octanol–water partition coefficient (Wildman–Crippen LogP) is 2.91. The quantitative estimate of drug-likeness (QED) is 0.868. The van der Waals surface area contributed by atoms with E-state index in [1.165, 1.54) is 0 Å². The molecule has 0 saturated heterocycles. The molecule has 6 heteroatoms. The van der Waals surface area contributed by atoms with Crippen molar-refractivity contribution < 1.29 is 19.4 Å². The van der Waals surface area contributed by atoms with Gasteiger partial charge in [-0.1, -0.05) is 0 Å². The number of ether oxygens (including phenoxy) is 2. The average Bonchev–Trinajstić information content (AvgIpc) is 2.94. The van der Waals surface area contributed by atoms with Crippen molar-refractivity contribution in [2.24, 2.45) is 5.92 Å². The largest absolute Gasteiger partial charge is 0.481 e. The third-order valence-electron chi connectivity index (χ3n) is 4.16. The van der Waals surface area contributed by atoms with Crippen LogP contribution in [0.15, 0.2) is 16.6 Å². The Kier molecular flexibility index (Phi) is 4.35. The highest BCUT2D eigenvalue weighted by Crippen LogP contribution is 2.40. The van der Waals surface area contributed by atoms with Gasteiger partial charge in [0.05, 0.1) is 10.4 Å². The predicted molar refractivity (Wildman–Crippen MR) is 80.5 cm³/mol. The van der Waals surface area contributed by atoms with Crippen LogP contribution in [0.4, 0.5) is 0 Å². The fourth-order valence-electron chi connectivity index (χ4n) is 2.93. The van der Waals surface area contributed by atoms with Gasteiger partial charge in [-0.3, -0.25) is 4.79 Å². The molecule has 2 aliphatic rings. The number of benzene rings is 1. The van der Waals surface area contributed by atoms with Crippen LogP contribution >= 0.6 is 15.9 Å². The molecule has 0 bridgehead atoms. The summed E-state index contributed by atoms with van der Waals surface area (Å²) in [6.45, 7) is 1.02. The van der Waals surface area contributed by atoms with Gasteiger partial charge in [-0.2, -0.15) is 0 Å². The number of aliphatic carboxylic acids is 1.